The lowest BCUT2D eigenvalue weighted by Crippen LogP contribution is -2.34. The third-order valence-corrected chi connectivity index (χ3v) is 4.24. The van der Waals surface area contributed by atoms with Crippen molar-refractivity contribution in [1.82, 2.24) is 4.90 Å². The molecule has 2 aromatic rings. The SMILES string of the molecule is CCc1ccccc1NC(=O)CN(C)C(=O)/C=C/c1ccc2c(c1)OCO2. The Morgan fingerprint density at radius 1 is 1.15 bits per heavy atom. The summed E-state index contributed by atoms with van der Waals surface area (Å²) in [6.07, 6.45) is 3.94. The van der Waals surface area contributed by atoms with Crippen molar-refractivity contribution in [3.05, 3.63) is 59.7 Å². The molecule has 6 heteroatoms. The van der Waals surface area contributed by atoms with Gasteiger partial charge in [0.05, 0.1) is 6.54 Å². The summed E-state index contributed by atoms with van der Waals surface area (Å²) in [6.45, 7) is 2.21. The molecule has 0 fully saturated rings. The number of amides is 2. The van der Waals surface area contributed by atoms with Gasteiger partial charge >= 0.3 is 0 Å². The van der Waals surface area contributed by atoms with Crippen LogP contribution in [-0.4, -0.2) is 37.1 Å². The highest BCUT2D eigenvalue weighted by molar-refractivity contribution is 5.98. The van der Waals surface area contributed by atoms with Crippen LogP contribution in [0.5, 0.6) is 11.5 Å². The van der Waals surface area contributed by atoms with Crippen LogP contribution in [0.3, 0.4) is 0 Å². The van der Waals surface area contributed by atoms with E-state index in [1.807, 2.05) is 37.3 Å². The maximum Gasteiger partial charge on any atom is 0.246 e. The minimum atomic E-state index is -0.258. The van der Waals surface area contributed by atoms with Crippen LogP contribution >= 0.6 is 0 Å². The number of aryl methyl sites for hydroxylation is 1. The van der Waals surface area contributed by atoms with Crippen LogP contribution in [0, 0.1) is 0 Å². The first-order valence-corrected chi connectivity index (χ1v) is 8.77. The van der Waals surface area contributed by atoms with E-state index in [4.69, 9.17) is 9.47 Å². The second-order valence-electron chi connectivity index (χ2n) is 6.20. The number of benzene rings is 2. The van der Waals surface area contributed by atoms with E-state index in [0.29, 0.717) is 11.5 Å². The Morgan fingerprint density at radius 2 is 1.93 bits per heavy atom. The Hall–Kier alpha value is -3.28. The summed E-state index contributed by atoms with van der Waals surface area (Å²) in [4.78, 5) is 25.9. The fourth-order valence-electron chi connectivity index (χ4n) is 2.75. The van der Waals surface area contributed by atoms with Crippen molar-refractivity contribution in [2.75, 3.05) is 25.7 Å². The minimum absolute atomic E-state index is 0.0254. The molecular weight excluding hydrogens is 344 g/mol. The first-order chi connectivity index (χ1) is 13.1. The summed E-state index contributed by atoms with van der Waals surface area (Å²) >= 11 is 0. The highest BCUT2D eigenvalue weighted by Crippen LogP contribution is 2.32. The quantitative estimate of drug-likeness (QED) is 0.798. The van der Waals surface area contributed by atoms with Crippen LogP contribution in [0.25, 0.3) is 6.08 Å². The lowest BCUT2D eigenvalue weighted by molar-refractivity contribution is -0.129. The Balaban J connectivity index is 1.56. The number of likely N-dealkylation sites (N-methyl/N-ethyl adjacent to an activating group) is 1. The Bertz CT molecular complexity index is 876. The number of carbonyl (C=O) groups is 2. The molecule has 0 radical (unpaired) electrons. The molecule has 2 aromatic carbocycles. The van der Waals surface area contributed by atoms with Gasteiger partial charge in [0.15, 0.2) is 11.5 Å². The van der Waals surface area contributed by atoms with Gasteiger partial charge in [-0.25, -0.2) is 0 Å². The van der Waals surface area contributed by atoms with Crippen molar-refractivity contribution in [2.45, 2.75) is 13.3 Å². The Kier molecular flexibility index (Phi) is 5.76. The van der Waals surface area contributed by atoms with E-state index in [0.717, 1.165) is 23.2 Å². The average Bonchev–Trinajstić information content (AvgIpc) is 3.14. The predicted molar refractivity (Wildman–Crippen MR) is 104 cm³/mol. The third kappa shape index (κ3) is 4.67. The summed E-state index contributed by atoms with van der Waals surface area (Å²) in [5.74, 6) is 0.862. The number of hydrogen-bond acceptors (Lipinski definition) is 4. The average molecular weight is 366 g/mol. The second kappa shape index (κ2) is 8.40. The van der Waals surface area contributed by atoms with Crippen LogP contribution < -0.4 is 14.8 Å². The van der Waals surface area contributed by atoms with Gasteiger partial charge in [-0.05, 0) is 41.8 Å². The Morgan fingerprint density at radius 3 is 2.74 bits per heavy atom. The fraction of sp³-hybridized carbons (Fsp3) is 0.238. The van der Waals surface area contributed by atoms with Crippen molar-refractivity contribution in [3.8, 4) is 11.5 Å². The van der Waals surface area contributed by atoms with Crippen molar-refractivity contribution < 1.29 is 19.1 Å². The van der Waals surface area contributed by atoms with Crippen molar-refractivity contribution in [3.63, 3.8) is 0 Å². The summed E-state index contributed by atoms with van der Waals surface area (Å²) in [6, 6.07) is 13.1. The predicted octanol–water partition coefficient (Wildman–Crippen LogP) is 3.09. The number of hydrogen-bond donors (Lipinski definition) is 1. The van der Waals surface area contributed by atoms with Gasteiger partial charge in [0, 0.05) is 18.8 Å². The van der Waals surface area contributed by atoms with Gasteiger partial charge in [-0.1, -0.05) is 31.2 Å². The molecule has 0 spiro atoms. The zero-order valence-corrected chi connectivity index (χ0v) is 15.4. The number of nitrogens with zero attached hydrogens (tertiary/aromatic N) is 1. The van der Waals surface area contributed by atoms with Gasteiger partial charge in [-0.2, -0.15) is 0 Å². The van der Waals surface area contributed by atoms with Crippen molar-refractivity contribution in [1.29, 1.82) is 0 Å². The largest absolute Gasteiger partial charge is 0.454 e. The molecule has 0 bridgehead atoms. The van der Waals surface area contributed by atoms with E-state index >= 15 is 0 Å². The summed E-state index contributed by atoms with van der Waals surface area (Å²) in [7, 11) is 1.59. The van der Waals surface area contributed by atoms with Crippen molar-refractivity contribution in [2.24, 2.45) is 0 Å². The van der Waals surface area contributed by atoms with Gasteiger partial charge in [0.25, 0.3) is 0 Å². The molecule has 1 N–H and O–H groups in total. The highest BCUT2D eigenvalue weighted by Gasteiger charge is 2.14. The first kappa shape index (κ1) is 18.5. The molecule has 1 heterocycles. The molecule has 3 rings (SSSR count). The van der Waals surface area contributed by atoms with Crippen LogP contribution in [0.2, 0.25) is 0 Å². The zero-order chi connectivity index (χ0) is 19.2. The number of rotatable bonds is 6. The van der Waals surface area contributed by atoms with E-state index < -0.39 is 0 Å². The van der Waals surface area contributed by atoms with Crippen LogP contribution in [0.4, 0.5) is 5.69 Å². The van der Waals surface area contributed by atoms with Crippen molar-refractivity contribution >= 4 is 23.6 Å². The molecule has 6 nitrogen and oxygen atoms in total. The molecule has 0 saturated heterocycles. The van der Waals surface area contributed by atoms with Gasteiger partial charge in [0.2, 0.25) is 18.6 Å². The maximum atomic E-state index is 12.3. The summed E-state index contributed by atoms with van der Waals surface area (Å²) in [5, 5.41) is 2.86. The zero-order valence-electron chi connectivity index (χ0n) is 15.4. The number of ether oxygens (including phenoxy) is 2. The van der Waals surface area contributed by atoms with E-state index in [-0.39, 0.29) is 25.2 Å². The molecule has 0 unspecified atom stereocenters. The molecular formula is C21H22N2O4. The van der Waals surface area contributed by atoms with E-state index in [1.54, 1.807) is 25.3 Å². The third-order valence-electron chi connectivity index (χ3n) is 4.24. The lowest BCUT2D eigenvalue weighted by atomic mass is 10.1. The van der Waals surface area contributed by atoms with Crippen LogP contribution in [-0.2, 0) is 16.0 Å². The summed E-state index contributed by atoms with van der Waals surface area (Å²) in [5.41, 5.74) is 2.66. The molecule has 140 valence electrons. The molecule has 1 aliphatic heterocycles. The number of anilines is 1. The van der Waals surface area contributed by atoms with Crippen LogP contribution in [0.1, 0.15) is 18.1 Å². The molecule has 2 amide bonds. The Labute approximate surface area is 158 Å². The first-order valence-electron chi connectivity index (χ1n) is 8.77. The number of carbonyl (C=O) groups excluding carboxylic acids is 2. The smallest absolute Gasteiger partial charge is 0.246 e. The molecule has 0 atom stereocenters. The standard InChI is InChI=1S/C21H22N2O4/c1-3-16-6-4-5-7-17(16)22-20(24)13-23(2)21(25)11-9-15-8-10-18-19(12-15)27-14-26-18/h4-12H,3,13-14H2,1-2H3,(H,22,24)/b11-9+. The lowest BCUT2D eigenvalue weighted by Gasteiger charge is -2.16. The van der Waals surface area contributed by atoms with E-state index in [1.165, 1.54) is 11.0 Å². The van der Waals surface area contributed by atoms with Crippen LogP contribution in [0.15, 0.2) is 48.5 Å². The van der Waals surface area contributed by atoms with Gasteiger partial charge in [-0.3, -0.25) is 9.59 Å². The molecule has 1 aliphatic rings. The fourth-order valence-corrected chi connectivity index (χ4v) is 2.75. The maximum absolute atomic E-state index is 12.3. The van der Waals surface area contributed by atoms with Gasteiger partial charge in [-0.15, -0.1) is 0 Å². The summed E-state index contributed by atoms with van der Waals surface area (Å²) < 4.78 is 10.6. The second-order valence-corrected chi connectivity index (χ2v) is 6.20. The molecule has 0 aliphatic carbocycles. The number of fused-ring (bicyclic) bond motifs is 1. The van der Waals surface area contributed by atoms with E-state index in [9.17, 15) is 9.59 Å². The van der Waals surface area contributed by atoms with Gasteiger partial charge in [0.1, 0.15) is 0 Å². The van der Waals surface area contributed by atoms with Gasteiger partial charge < -0.3 is 19.7 Å². The highest BCUT2D eigenvalue weighted by atomic mass is 16.7. The molecule has 0 aromatic heterocycles. The normalized spacial score (nSPS) is 12.2. The number of nitrogens with one attached hydrogen (secondary N) is 1. The molecule has 0 saturated carbocycles. The monoisotopic (exact) mass is 366 g/mol. The topological polar surface area (TPSA) is 67.9 Å². The minimum Gasteiger partial charge on any atom is -0.454 e. The molecule has 27 heavy (non-hydrogen) atoms. The number of para-hydroxylation sites is 1. The van der Waals surface area contributed by atoms with E-state index in [2.05, 4.69) is 5.32 Å².